The predicted molar refractivity (Wildman–Crippen MR) is 37.5 cm³/mol. The summed E-state index contributed by atoms with van der Waals surface area (Å²) in [6.07, 6.45) is 0. The highest BCUT2D eigenvalue weighted by molar-refractivity contribution is 9.10. The fraction of sp³-hybridized carbons (Fsp3) is 0.400. The summed E-state index contributed by atoms with van der Waals surface area (Å²) in [6, 6.07) is 1.81. The van der Waals surface area contributed by atoms with E-state index in [1.807, 2.05) is 7.05 Å². The lowest BCUT2D eigenvalue weighted by Crippen LogP contribution is -1.90. The minimum atomic E-state index is 0.629. The lowest BCUT2D eigenvalue weighted by atomic mass is 10.7. The fourth-order valence-corrected chi connectivity index (χ4v) is 0.795. The Morgan fingerprint density at radius 2 is 2.44 bits per heavy atom. The van der Waals surface area contributed by atoms with E-state index < -0.39 is 0 Å². The number of aromatic nitrogens is 2. The lowest BCUT2D eigenvalue weighted by molar-refractivity contribution is 0.392. The third kappa shape index (κ3) is 1.24. The second kappa shape index (κ2) is 2.39. The molecule has 0 amide bonds. The van der Waals surface area contributed by atoms with Gasteiger partial charge in [0.25, 0.3) is 0 Å². The van der Waals surface area contributed by atoms with E-state index in [4.69, 9.17) is 4.74 Å². The SMILES string of the molecule is COc1cc(Br)n(C)n1. The van der Waals surface area contributed by atoms with Crippen molar-refractivity contribution in [2.45, 2.75) is 0 Å². The van der Waals surface area contributed by atoms with Gasteiger partial charge in [-0.05, 0) is 15.9 Å². The van der Waals surface area contributed by atoms with Crippen LogP contribution < -0.4 is 4.74 Å². The Hall–Kier alpha value is -0.510. The normalized spacial score (nSPS) is 9.67. The third-order valence-electron chi connectivity index (χ3n) is 1.01. The quantitative estimate of drug-likeness (QED) is 0.666. The van der Waals surface area contributed by atoms with Gasteiger partial charge >= 0.3 is 0 Å². The number of ether oxygens (including phenoxy) is 1. The molecule has 0 radical (unpaired) electrons. The zero-order valence-corrected chi connectivity index (χ0v) is 6.84. The van der Waals surface area contributed by atoms with Crippen LogP contribution in [-0.2, 0) is 7.05 Å². The van der Waals surface area contributed by atoms with Crippen molar-refractivity contribution >= 4 is 15.9 Å². The molecule has 0 fully saturated rings. The highest BCUT2D eigenvalue weighted by Crippen LogP contribution is 2.14. The summed E-state index contributed by atoms with van der Waals surface area (Å²) in [5.41, 5.74) is 0. The molecule has 9 heavy (non-hydrogen) atoms. The van der Waals surface area contributed by atoms with Crippen LogP contribution in [0.25, 0.3) is 0 Å². The number of hydrogen-bond acceptors (Lipinski definition) is 2. The van der Waals surface area contributed by atoms with E-state index in [1.54, 1.807) is 17.9 Å². The lowest BCUT2D eigenvalue weighted by Gasteiger charge is -1.88. The molecule has 0 aliphatic carbocycles. The van der Waals surface area contributed by atoms with E-state index in [9.17, 15) is 0 Å². The molecule has 0 aliphatic rings. The van der Waals surface area contributed by atoms with Crippen LogP contribution in [0.5, 0.6) is 5.88 Å². The molecule has 0 atom stereocenters. The molecule has 0 aromatic carbocycles. The van der Waals surface area contributed by atoms with Crippen LogP contribution in [0.1, 0.15) is 0 Å². The monoisotopic (exact) mass is 190 g/mol. The van der Waals surface area contributed by atoms with Crippen molar-refractivity contribution in [2.24, 2.45) is 7.05 Å². The van der Waals surface area contributed by atoms with E-state index in [0.29, 0.717) is 5.88 Å². The summed E-state index contributed by atoms with van der Waals surface area (Å²) in [7, 11) is 3.43. The average molecular weight is 191 g/mol. The van der Waals surface area contributed by atoms with Crippen molar-refractivity contribution in [3.05, 3.63) is 10.7 Å². The zero-order valence-electron chi connectivity index (χ0n) is 5.26. The van der Waals surface area contributed by atoms with Gasteiger partial charge in [0.15, 0.2) is 0 Å². The second-order valence-electron chi connectivity index (χ2n) is 1.63. The Balaban J connectivity index is 2.98. The van der Waals surface area contributed by atoms with Crippen LogP contribution in [0.3, 0.4) is 0 Å². The van der Waals surface area contributed by atoms with Crippen LogP contribution in [0.15, 0.2) is 10.7 Å². The van der Waals surface area contributed by atoms with Crippen LogP contribution in [0.4, 0.5) is 0 Å². The number of methoxy groups -OCH3 is 1. The maximum absolute atomic E-state index is 4.85. The molecule has 0 unspecified atom stereocenters. The maximum Gasteiger partial charge on any atom is 0.233 e. The minimum Gasteiger partial charge on any atom is -0.480 e. The predicted octanol–water partition coefficient (Wildman–Crippen LogP) is 1.19. The van der Waals surface area contributed by atoms with Gasteiger partial charge in [-0.15, -0.1) is 5.10 Å². The molecule has 0 N–H and O–H groups in total. The molecule has 0 spiro atoms. The zero-order chi connectivity index (χ0) is 6.85. The topological polar surface area (TPSA) is 27.1 Å². The molecular formula is C5H7BrN2O. The number of aryl methyl sites for hydroxylation is 1. The summed E-state index contributed by atoms with van der Waals surface area (Å²) >= 11 is 3.28. The summed E-state index contributed by atoms with van der Waals surface area (Å²) in [5.74, 6) is 0.629. The van der Waals surface area contributed by atoms with Crippen molar-refractivity contribution in [3.63, 3.8) is 0 Å². The van der Waals surface area contributed by atoms with E-state index >= 15 is 0 Å². The van der Waals surface area contributed by atoms with Crippen LogP contribution >= 0.6 is 15.9 Å². The molecule has 0 saturated heterocycles. The minimum absolute atomic E-state index is 0.629. The van der Waals surface area contributed by atoms with E-state index in [1.165, 1.54) is 0 Å². The molecule has 1 aromatic heterocycles. The van der Waals surface area contributed by atoms with Gasteiger partial charge < -0.3 is 4.74 Å². The number of nitrogens with zero attached hydrogens (tertiary/aromatic N) is 2. The number of halogens is 1. The highest BCUT2D eigenvalue weighted by atomic mass is 79.9. The Morgan fingerprint density at radius 3 is 2.67 bits per heavy atom. The van der Waals surface area contributed by atoms with Crippen LogP contribution in [-0.4, -0.2) is 16.9 Å². The van der Waals surface area contributed by atoms with Gasteiger partial charge in [-0.1, -0.05) is 0 Å². The molecule has 1 heterocycles. The van der Waals surface area contributed by atoms with Gasteiger partial charge in [-0.2, -0.15) is 0 Å². The number of rotatable bonds is 1. The third-order valence-corrected chi connectivity index (χ3v) is 1.75. The first-order valence-electron chi connectivity index (χ1n) is 2.47. The molecule has 1 rings (SSSR count). The molecule has 0 bridgehead atoms. The Bertz CT molecular complexity index is 189. The van der Waals surface area contributed by atoms with E-state index in [-0.39, 0.29) is 0 Å². The van der Waals surface area contributed by atoms with Crippen molar-refractivity contribution in [1.82, 2.24) is 9.78 Å². The first-order valence-corrected chi connectivity index (χ1v) is 3.27. The van der Waals surface area contributed by atoms with Gasteiger partial charge in [0.1, 0.15) is 4.60 Å². The van der Waals surface area contributed by atoms with Gasteiger partial charge in [-0.3, -0.25) is 4.68 Å². The average Bonchev–Trinajstić information content (AvgIpc) is 2.13. The van der Waals surface area contributed by atoms with Gasteiger partial charge in [0.05, 0.1) is 7.11 Å². The molecular weight excluding hydrogens is 184 g/mol. The van der Waals surface area contributed by atoms with Crippen LogP contribution in [0.2, 0.25) is 0 Å². The molecule has 3 nitrogen and oxygen atoms in total. The molecule has 1 aromatic rings. The smallest absolute Gasteiger partial charge is 0.233 e. The number of hydrogen-bond donors (Lipinski definition) is 0. The largest absolute Gasteiger partial charge is 0.480 e. The fourth-order valence-electron chi connectivity index (χ4n) is 0.520. The first kappa shape index (κ1) is 6.61. The van der Waals surface area contributed by atoms with Crippen molar-refractivity contribution in [2.75, 3.05) is 7.11 Å². The highest BCUT2D eigenvalue weighted by Gasteiger charge is 1.98. The Kier molecular flexibility index (Phi) is 1.75. The van der Waals surface area contributed by atoms with Crippen molar-refractivity contribution < 1.29 is 4.74 Å². The Morgan fingerprint density at radius 1 is 1.78 bits per heavy atom. The van der Waals surface area contributed by atoms with Gasteiger partial charge in [0.2, 0.25) is 5.88 Å². The van der Waals surface area contributed by atoms with Gasteiger partial charge in [-0.25, -0.2) is 0 Å². The summed E-state index contributed by atoms with van der Waals surface area (Å²) in [6.45, 7) is 0. The standard InChI is InChI=1S/C5H7BrN2O/c1-8-4(6)3-5(7-8)9-2/h3H,1-2H3. The molecule has 50 valence electrons. The van der Waals surface area contributed by atoms with Crippen molar-refractivity contribution in [1.29, 1.82) is 0 Å². The molecule has 0 aliphatic heterocycles. The van der Waals surface area contributed by atoms with Gasteiger partial charge in [0, 0.05) is 13.1 Å². The maximum atomic E-state index is 4.85. The second-order valence-corrected chi connectivity index (χ2v) is 2.45. The Labute approximate surface area is 61.7 Å². The van der Waals surface area contributed by atoms with Crippen molar-refractivity contribution in [3.8, 4) is 5.88 Å². The summed E-state index contributed by atoms with van der Waals surface area (Å²) in [4.78, 5) is 0. The molecule has 0 saturated carbocycles. The van der Waals surface area contributed by atoms with E-state index in [0.717, 1.165) is 4.60 Å². The van der Waals surface area contributed by atoms with E-state index in [2.05, 4.69) is 21.0 Å². The summed E-state index contributed by atoms with van der Waals surface area (Å²) < 4.78 is 7.46. The van der Waals surface area contributed by atoms with Crippen LogP contribution in [0, 0.1) is 0 Å². The molecule has 4 heteroatoms. The summed E-state index contributed by atoms with van der Waals surface area (Å²) in [5, 5.41) is 3.98. The first-order chi connectivity index (χ1) is 4.24.